The maximum atomic E-state index is 10.2. The molecule has 0 aliphatic rings. The molecule has 0 saturated heterocycles. The molecule has 0 rings (SSSR count). The molecular formula is C19H42O3Si. The van der Waals surface area contributed by atoms with Gasteiger partial charge in [0.25, 0.3) is 0 Å². The van der Waals surface area contributed by atoms with Crippen LogP contribution in [0.4, 0.5) is 0 Å². The minimum Gasteiger partial charge on any atom is -0.416 e. The summed E-state index contributed by atoms with van der Waals surface area (Å²) in [5, 5.41) is 19.4. The lowest BCUT2D eigenvalue weighted by atomic mass is 9.87. The number of hydrogen-bond acceptors (Lipinski definition) is 3. The topological polar surface area (TPSA) is 49.7 Å². The molecule has 0 aromatic rings. The summed E-state index contributed by atoms with van der Waals surface area (Å²) in [6.07, 6.45) is 0.495. The summed E-state index contributed by atoms with van der Waals surface area (Å²) in [5.74, 6) is 0.547. The van der Waals surface area contributed by atoms with Crippen molar-refractivity contribution in [3.63, 3.8) is 0 Å². The summed E-state index contributed by atoms with van der Waals surface area (Å²) in [4.78, 5) is 0. The van der Waals surface area contributed by atoms with Crippen LogP contribution in [0.5, 0.6) is 0 Å². The van der Waals surface area contributed by atoms with Crippen LogP contribution in [-0.4, -0.2) is 37.8 Å². The van der Waals surface area contributed by atoms with Crippen LogP contribution >= 0.6 is 0 Å². The normalized spacial score (nSPS) is 18.5. The van der Waals surface area contributed by atoms with Crippen LogP contribution in [0.15, 0.2) is 0 Å². The Kier molecular flexibility index (Phi) is 10.2. The van der Waals surface area contributed by atoms with Crippen LogP contribution in [0.25, 0.3) is 0 Å². The lowest BCUT2D eigenvalue weighted by molar-refractivity contribution is 0.0260. The van der Waals surface area contributed by atoms with Crippen LogP contribution in [0.1, 0.15) is 68.7 Å². The quantitative estimate of drug-likeness (QED) is 0.527. The Morgan fingerprint density at radius 1 is 0.783 bits per heavy atom. The fraction of sp³-hybridized carbons (Fsp3) is 1.00. The first kappa shape index (κ1) is 23.1. The molecule has 0 fully saturated rings. The molecule has 0 spiro atoms. The fourth-order valence-electron chi connectivity index (χ4n) is 4.30. The Hall–Kier alpha value is 0.0969. The largest absolute Gasteiger partial charge is 0.416 e. The van der Waals surface area contributed by atoms with Gasteiger partial charge in [-0.25, -0.2) is 0 Å². The van der Waals surface area contributed by atoms with E-state index >= 15 is 0 Å². The zero-order chi connectivity index (χ0) is 18.4. The first-order valence-corrected chi connectivity index (χ1v) is 11.6. The second kappa shape index (κ2) is 10.2. The molecule has 0 saturated carbocycles. The van der Waals surface area contributed by atoms with Crippen LogP contribution in [0.3, 0.4) is 0 Å². The third-order valence-electron chi connectivity index (χ3n) is 5.55. The molecule has 23 heavy (non-hydrogen) atoms. The summed E-state index contributed by atoms with van der Waals surface area (Å²) >= 11 is 0. The second-order valence-electron chi connectivity index (χ2n) is 8.60. The maximum Gasteiger partial charge on any atom is 0.200 e. The highest BCUT2D eigenvalue weighted by Gasteiger charge is 2.45. The van der Waals surface area contributed by atoms with Gasteiger partial charge >= 0.3 is 0 Å². The molecule has 0 heterocycles. The lowest BCUT2D eigenvalue weighted by Gasteiger charge is -2.43. The van der Waals surface area contributed by atoms with Gasteiger partial charge in [0, 0.05) is 19.1 Å². The molecule has 0 aromatic heterocycles. The van der Waals surface area contributed by atoms with Crippen molar-refractivity contribution in [2.45, 2.75) is 91.5 Å². The highest BCUT2D eigenvalue weighted by atomic mass is 28.4. The van der Waals surface area contributed by atoms with Crippen LogP contribution in [0, 0.1) is 17.8 Å². The fourth-order valence-corrected chi connectivity index (χ4v) is 9.87. The van der Waals surface area contributed by atoms with Crippen molar-refractivity contribution in [2.75, 3.05) is 13.2 Å². The van der Waals surface area contributed by atoms with Gasteiger partial charge in [-0.05, 0) is 34.9 Å². The van der Waals surface area contributed by atoms with Gasteiger partial charge in [-0.1, -0.05) is 62.3 Å². The lowest BCUT2D eigenvalue weighted by Crippen LogP contribution is -2.48. The van der Waals surface area contributed by atoms with Gasteiger partial charge < -0.3 is 14.6 Å². The zero-order valence-electron chi connectivity index (χ0n) is 17.0. The standard InChI is InChI=1S/C19H42O3Si/c1-13(2)23(14(3)4,15(5)6)22-12-16(7)10-17(8)19(21)18(9)11-20/h13-21H,10-12H2,1-9H3/t16-,17+,18+,19+/m1/s1. The van der Waals surface area contributed by atoms with Crippen molar-refractivity contribution >= 4 is 8.32 Å². The second-order valence-corrected chi connectivity index (χ2v) is 14.1. The summed E-state index contributed by atoms with van der Waals surface area (Å²) in [6.45, 7) is 20.9. The molecule has 4 atom stereocenters. The Labute approximate surface area is 146 Å². The van der Waals surface area contributed by atoms with Gasteiger partial charge in [0.1, 0.15) is 0 Å². The van der Waals surface area contributed by atoms with E-state index in [1.807, 2.05) is 6.92 Å². The van der Waals surface area contributed by atoms with Crippen molar-refractivity contribution in [3.8, 4) is 0 Å². The molecule has 0 aliphatic carbocycles. The van der Waals surface area contributed by atoms with Crippen LogP contribution < -0.4 is 0 Å². The monoisotopic (exact) mass is 346 g/mol. The SMILES string of the molecule is CC(C)[Si](OC[C@H](C)C[C@H](C)[C@H](O)[C@@H](C)CO)(C(C)C)C(C)C. The van der Waals surface area contributed by atoms with Gasteiger partial charge in [-0.15, -0.1) is 0 Å². The van der Waals surface area contributed by atoms with Crippen molar-refractivity contribution in [1.82, 2.24) is 0 Å². The summed E-state index contributed by atoms with van der Waals surface area (Å²) in [5.41, 5.74) is 1.81. The van der Waals surface area contributed by atoms with E-state index in [0.29, 0.717) is 22.5 Å². The average molecular weight is 347 g/mol. The van der Waals surface area contributed by atoms with Crippen molar-refractivity contribution in [3.05, 3.63) is 0 Å². The number of hydrogen-bond donors (Lipinski definition) is 2. The van der Waals surface area contributed by atoms with Crippen LogP contribution in [-0.2, 0) is 4.43 Å². The summed E-state index contributed by atoms with van der Waals surface area (Å²) in [6, 6.07) is 0. The third kappa shape index (κ3) is 6.15. The molecular weight excluding hydrogens is 304 g/mol. The predicted molar refractivity (Wildman–Crippen MR) is 102 cm³/mol. The average Bonchev–Trinajstić information content (AvgIpc) is 2.44. The molecule has 0 amide bonds. The van der Waals surface area contributed by atoms with Crippen molar-refractivity contribution in [2.24, 2.45) is 17.8 Å². The highest BCUT2D eigenvalue weighted by molar-refractivity contribution is 6.77. The van der Waals surface area contributed by atoms with Crippen molar-refractivity contribution in [1.29, 1.82) is 0 Å². The van der Waals surface area contributed by atoms with Gasteiger partial charge in [0.2, 0.25) is 0 Å². The Bertz CT molecular complexity index is 296. The van der Waals surface area contributed by atoms with Gasteiger partial charge in [0.15, 0.2) is 8.32 Å². The number of aliphatic hydroxyl groups excluding tert-OH is 2. The number of aliphatic hydroxyl groups is 2. The Balaban J connectivity index is 4.74. The van der Waals surface area contributed by atoms with Crippen molar-refractivity contribution < 1.29 is 14.6 Å². The summed E-state index contributed by atoms with van der Waals surface area (Å²) < 4.78 is 6.65. The van der Waals surface area contributed by atoms with E-state index in [2.05, 4.69) is 55.4 Å². The highest BCUT2D eigenvalue weighted by Crippen LogP contribution is 2.42. The maximum absolute atomic E-state index is 10.2. The van der Waals surface area contributed by atoms with Gasteiger partial charge in [-0.2, -0.15) is 0 Å². The third-order valence-corrected chi connectivity index (χ3v) is 11.6. The molecule has 3 nitrogen and oxygen atoms in total. The minimum absolute atomic E-state index is 0.0421. The smallest absolute Gasteiger partial charge is 0.200 e. The molecule has 0 unspecified atom stereocenters. The molecule has 140 valence electrons. The van der Waals surface area contributed by atoms with Crippen LogP contribution in [0.2, 0.25) is 16.6 Å². The minimum atomic E-state index is -1.80. The summed E-state index contributed by atoms with van der Waals surface area (Å²) in [7, 11) is -1.80. The Morgan fingerprint density at radius 3 is 1.57 bits per heavy atom. The first-order chi connectivity index (χ1) is 10.5. The molecule has 4 heteroatoms. The van der Waals surface area contributed by atoms with Gasteiger partial charge in [-0.3, -0.25) is 0 Å². The van der Waals surface area contributed by atoms with E-state index in [9.17, 15) is 10.2 Å². The van der Waals surface area contributed by atoms with E-state index in [-0.39, 0.29) is 18.4 Å². The molecule has 2 N–H and O–H groups in total. The van der Waals surface area contributed by atoms with E-state index in [1.165, 1.54) is 0 Å². The van der Waals surface area contributed by atoms with Gasteiger partial charge in [0.05, 0.1) is 6.10 Å². The first-order valence-electron chi connectivity index (χ1n) is 9.43. The molecule has 0 aromatic carbocycles. The molecule has 0 radical (unpaired) electrons. The van der Waals surface area contributed by atoms with E-state index in [4.69, 9.17) is 4.43 Å². The van der Waals surface area contributed by atoms with E-state index < -0.39 is 14.4 Å². The number of rotatable bonds is 11. The van der Waals surface area contributed by atoms with E-state index in [1.54, 1.807) is 0 Å². The zero-order valence-corrected chi connectivity index (χ0v) is 18.0. The Morgan fingerprint density at radius 2 is 1.22 bits per heavy atom. The molecule has 0 bridgehead atoms. The molecule has 0 aliphatic heterocycles. The predicted octanol–water partition coefficient (Wildman–Crippen LogP) is 4.83. The van der Waals surface area contributed by atoms with E-state index in [0.717, 1.165) is 13.0 Å².